The number of carboxylic acids is 1. The van der Waals surface area contributed by atoms with Gasteiger partial charge in [0.1, 0.15) is 5.75 Å². The molecule has 0 heterocycles. The molecule has 0 aliphatic carbocycles. The maximum atomic E-state index is 11.9. The first-order valence-electron chi connectivity index (χ1n) is 5.91. The zero-order chi connectivity index (χ0) is 14.5. The molecule has 100 valence electrons. The number of benzene rings is 2. The van der Waals surface area contributed by atoms with Gasteiger partial charge in [0.2, 0.25) is 0 Å². The minimum absolute atomic E-state index is 0.0969. The standard InChI is InChI=1S/C16H12O4/c17-14-7-5-12(6-8-14)15(18)9-4-11-2-1-3-13(10-11)16(19)20/h1-10,17H,(H,19,20). The van der Waals surface area contributed by atoms with Crippen molar-refractivity contribution in [1.82, 2.24) is 0 Å². The fourth-order valence-corrected chi connectivity index (χ4v) is 1.67. The number of aromatic hydroxyl groups is 1. The number of rotatable bonds is 4. The zero-order valence-electron chi connectivity index (χ0n) is 10.5. The molecule has 0 saturated carbocycles. The molecule has 0 unspecified atom stereocenters. The Morgan fingerprint density at radius 1 is 0.950 bits per heavy atom. The number of ketones is 1. The summed E-state index contributed by atoms with van der Waals surface area (Å²) in [6.45, 7) is 0. The quantitative estimate of drug-likeness (QED) is 0.660. The molecule has 0 amide bonds. The Labute approximate surface area is 115 Å². The zero-order valence-corrected chi connectivity index (χ0v) is 10.5. The van der Waals surface area contributed by atoms with E-state index < -0.39 is 5.97 Å². The van der Waals surface area contributed by atoms with Crippen molar-refractivity contribution in [1.29, 1.82) is 0 Å². The summed E-state index contributed by atoms with van der Waals surface area (Å²) in [6, 6.07) is 12.2. The van der Waals surface area contributed by atoms with Gasteiger partial charge in [-0.2, -0.15) is 0 Å². The summed E-state index contributed by atoms with van der Waals surface area (Å²) >= 11 is 0. The molecule has 0 atom stereocenters. The Balaban J connectivity index is 2.16. The van der Waals surface area contributed by atoms with Crippen molar-refractivity contribution in [3.8, 4) is 5.75 Å². The van der Waals surface area contributed by atoms with Gasteiger partial charge in [-0.3, -0.25) is 4.79 Å². The second kappa shape index (κ2) is 5.84. The number of carboxylic acid groups (broad SMARTS) is 1. The number of hydrogen-bond donors (Lipinski definition) is 2. The lowest BCUT2D eigenvalue weighted by Crippen LogP contribution is -1.96. The van der Waals surface area contributed by atoms with Gasteiger partial charge in [-0.25, -0.2) is 4.79 Å². The molecule has 0 aliphatic heterocycles. The Hall–Kier alpha value is -2.88. The first-order chi connectivity index (χ1) is 9.56. The molecular formula is C16H12O4. The van der Waals surface area contributed by atoms with Gasteiger partial charge in [-0.1, -0.05) is 18.2 Å². The van der Waals surface area contributed by atoms with Gasteiger partial charge in [0.05, 0.1) is 5.56 Å². The van der Waals surface area contributed by atoms with Crippen molar-refractivity contribution in [2.24, 2.45) is 0 Å². The average molecular weight is 268 g/mol. The smallest absolute Gasteiger partial charge is 0.335 e. The van der Waals surface area contributed by atoms with Gasteiger partial charge in [0.25, 0.3) is 0 Å². The molecule has 0 radical (unpaired) electrons. The normalized spacial score (nSPS) is 10.6. The highest BCUT2D eigenvalue weighted by Gasteiger charge is 2.03. The Morgan fingerprint density at radius 3 is 2.30 bits per heavy atom. The van der Waals surface area contributed by atoms with Crippen LogP contribution in [0.25, 0.3) is 6.08 Å². The van der Waals surface area contributed by atoms with Gasteiger partial charge in [0.15, 0.2) is 5.78 Å². The monoisotopic (exact) mass is 268 g/mol. The van der Waals surface area contributed by atoms with Crippen molar-refractivity contribution in [2.75, 3.05) is 0 Å². The van der Waals surface area contributed by atoms with Gasteiger partial charge in [-0.05, 0) is 48.0 Å². The molecule has 2 aromatic rings. The first kappa shape index (κ1) is 13.5. The molecule has 0 aliphatic rings. The van der Waals surface area contributed by atoms with E-state index in [4.69, 9.17) is 10.2 Å². The minimum atomic E-state index is -1.01. The van der Waals surface area contributed by atoms with Crippen LogP contribution >= 0.6 is 0 Å². The van der Waals surface area contributed by atoms with E-state index >= 15 is 0 Å². The number of aromatic carboxylic acids is 1. The number of phenols is 1. The van der Waals surface area contributed by atoms with Crippen LogP contribution in [-0.4, -0.2) is 22.0 Å². The van der Waals surface area contributed by atoms with E-state index in [9.17, 15) is 9.59 Å². The third kappa shape index (κ3) is 3.32. The number of carbonyl (C=O) groups is 2. The molecule has 2 rings (SSSR count). The summed E-state index contributed by atoms with van der Waals surface area (Å²) in [6.07, 6.45) is 2.93. The highest BCUT2D eigenvalue weighted by Crippen LogP contribution is 2.12. The van der Waals surface area contributed by atoms with E-state index in [1.165, 1.54) is 42.5 Å². The van der Waals surface area contributed by atoms with E-state index in [1.54, 1.807) is 18.2 Å². The molecule has 2 aromatic carbocycles. The maximum Gasteiger partial charge on any atom is 0.335 e. The van der Waals surface area contributed by atoms with Crippen LogP contribution in [0.2, 0.25) is 0 Å². The average Bonchev–Trinajstić information content (AvgIpc) is 2.46. The molecule has 4 heteroatoms. The van der Waals surface area contributed by atoms with Crippen LogP contribution in [0.5, 0.6) is 5.75 Å². The fraction of sp³-hybridized carbons (Fsp3) is 0. The summed E-state index contributed by atoms with van der Waals surface area (Å²) in [4.78, 5) is 22.7. The van der Waals surface area contributed by atoms with Crippen LogP contribution in [0.3, 0.4) is 0 Å². The van der Waals surface area contributed by atoms with Gasteiger partial charge in [0, 0.05) is 5.56 Å². The van der Waals surface area contributed by atoms with E-state index in [0.717, 1.165) is 0 Å². The molecule has 2 N–H and O–H groups in total. The van der Waals surface area contributed by atoms with Crippen molar-refractivity contribution >= 4 is 17.8 Å². The summed E-state index contributed by atoms with van der Waals surface area (Å²) in [5.74, 6) is -1.13. The number of phenolic OH excluding ortho intramolecular Hbond substituents is 1. The van der Waals surface area contributed by atoms with E-state index in [-0.39, 0.29) is 17.1 Å². The minimum Gasteiger partial charge on any atom is -0.508 e. The van der Waals surface area contributed by atoms with Crippen LogP contribution in [0.4, 0.5) is 0 Å². The molecule has 0 bridgehead atoms. The molecule has 20 heavy (non-hydrogen) atoms. The van der Waals surface area contributed by atoms with E-state index in [0.29, 0.717) is 11.1 Å². The molecule has 0 aromatic heterocycles. The summed E-state index contributed by atoms with van der Waals surface area (Å²) in [7, 11) is 0. The summed E-state index contributed by atoms with van der Waals surface area (Å²) < 4.78 is 0. The SMILES string of the molecule is O=C(O)c1cccc(C=CC(=O)c2ccc(O)cc2)c1. The largest absolute Gasteiger partial charge is 0.508 e. The third-order valence-electron chi connectivity index (χ3n) is 2.71. The number of allylic oxidation sites excluding steroid dienone is 1. The predicted octanol–water partition coefficient (Wildman–Crippen LogP) is 2.99. The van der Waals surface area contributed by atoms with Crippen molar-refractivity contribution in [2.45, 2.75) is 0 Å². The van der Waals surface area contributed by atoms with Gasteiger partial charge < -0.3 is 10.2 Å². The molecular weight excluding hydrogens is 256 g/mol. The number of hydrogen-bond acceptors (Lipinski definition) is 3. The Morgan fingerprint density at radius 2 is 1.65 bits per heavy atom. The second-order valence-electron chi connectivity index (χ2n) is 4.18. The molecule has 0 saturated heterocycles. The van der Waals surface area contributed by atoms with Crippen molar-refractivity contribution in [3.63, 3.8) is 0 Å². The summed E-state index contributed by atoms with van der Waals surface area (Å²) in [5.41, 5.74) is 1.26. The van der Waals surface area contributed by atoms with Crippen LogP contribution in [0.15, 0.2) is 54.6 Å². The van der Waals surface area contributed by atoms with Crippen LogP contribution in [0, 0.1) is 0 Å². The predicted molar refractivity (Wildman–Crippen MR) is 74.9 cm³/mol. The lowest BCUT2D eigenvalue weighted by molar-refractivity contribution is 0.0696. The topological polar surface area (TPSA) is 74.6 Å². The third-order valence-corrected chi connectivity index (χ3v) is 2.71. The highest BCUT2D eigenvalue weighted by atomic mass is 16.4. The second-order valence-corrected chi connectivity index (χ2v) is 4.18. The lowest BCUT2D eigenvalue weighted by atomic mass is 10.1. The van der Waals surface area contributed by atoms with Crippen molar-refractivity contribution in [3.05, 3.63) is 71.3 Å². The number of carbonyl (C=O) groups excluding carboxylic acids is 1. The van der Waals surface area contributed by atoms with Gasteiger partial charge in [-0.15, -0.1) is 0 Å². The van der Waals surface area contributed by atoms with Crippen molar-refractivity contribution < 1.29 is 19.8 Å². The van der Waals surface area contributed by atoms with Crippen LogP contribution < -0.4 is 0 Å². The van der Waals surface area contributed by atoms with E-state index in [1.807, 2.05) is 0 Å². The molecule has 0 fully saturated rings. The van der Waals surface area contributed by atoms with Crippen LogP contribution in [-0.2, 0) is 0 Å². The van der Waals surface area contributed by atoms with Gasteiger partial charge >= 0.3 is 5.97 Å². The first-order valence-corrected chi connectivity index (χ1v) is 5.91. The Kier molecular flexibility index (Phi) is 3.96. The maximum absolute atomic E-state index is 11.9. The lowest BCUT2D eigenvalue weighted by Gasteiger charge is -1.98. The fourth-order valence-electron chi connectivity index (χ4n) is 1.67. The molecule has 4 nitrogen and oxygen atoms in total. The Bertz CT molecular complexity index is 669. The summed E-state index contributed by atoms with van der Waals surface area (Å²) in [5, 5.41) is 18.0. The van der Waals surface area contributed by atoms with Crippen LogP contribution in [0.1, 0.15) is 26.3 Å². The highest BCUT2D eigenvalue weighted by molar-refractivity contribution is 6.06. The van der Waals surface area contributed by atoms with E-state index in [2.05, 4.69) is 0 Å². The molecule has 0 spiro atoms.